The first-order chi connectivity index (χ1) is 9.75. The molecule has 0 fully saturated rings. The predicted molar refractivity (Wildman–Crippen MR) is 66.6 cm³/mol. The normalized spacial score (nSPS) is 12.4. The van der Waals surface area contributed by atoms with Crippen LogP contribution in [0.25, 0.3) is 0 Å². The summed E-state index contributed by atoms with van der Waals surface area (Å²) in [7, 11) is 1.10. The number of carbonyl (C=O) groups excluding carboxylic acids is 2. The maximum atomic E-state index is 12.8. The third kappa shape index (κ3) is 4.97. The van der Waals surface area contributed by atoms with Gasteiger partial charge in [0.1, 0.15) is 12.4 Å². The average molecular weight is 305 g/mol. The van der Waals surface area contributed by atoms with E-state index in [-0.39, 0.29) is 0 Å². The molecule has 0 aliphatic heterocycles. The number of carbonyl (C=O) groups is 2. The van der Waals surface area contributed by atoms with Crippen molar-refractivity contribution in [1.29, 1.82) is 0 Å². The monoisotopic (exact) mass is 305 g/mol. The molecular weight excluding hydrogens is 291 g/mol. The molecule has 0 saturated carbocycles. The number of ether oxygens (including phenoxy) is 2. The Kier molecular flexibility index (Phi) is 5.57. The highest BCUT2D eigenvalue weighted by atomic mass is 19.4. The molecule has 0 heterocycles. The molecule has 1 amide bonds. The molecule has 1 unspecified atom stereocenters. The number of hydrogen-bond donors (Lipinski definition) is 1. The van der Waals surface area contributed by atoms with E-state index in [1.165, 1.54) is 19.1 Å². The first-order valence-electron chi connectivity index (χ1n) is 5.89. The second-order valence-electron chi connectivity index (χ2n) is 4.08. The third-order valence-electron chi connectivity index (χ3n) is 2.46. The standard InChI is InChI=1S/C13H14F3NO4/c1-8(18)17-10(12(19)20-2)7-21-11-6-4-3-5-9(11)13(14,15)16/h3-6,10H,7H2,1-2H3,(H,17,18). The van der Waals surface area contributed by atoms with Gasteiger partial charge in [-0.25, -0.2) is 4.79 Å². The van der Waals surface area contributed by atoms with E-state index >= 15 is 0 Å². The fourth-order valence-electron chi connectivity index (χ4n) is 1.56. The number of amides is 1. The van der Waals surface area contributed by atoms with E-state index in [0.717, 1.165) is 19.2 Å². The Morgan fingerprint density at radius 2 is 1.90 bits per heavy atom. The molecule has 21 heavy (non-hydrogen) atoms. The van der Waals surface area contributed by atoms with Gasteiger partial charge in [-0.15, -0.1) is 0 Å². The lowest BCUT2D eigenvalue weighted by atomic mass is 10.2. The molecule has 0 aliphatic rings. The zero-order valence-electron chi connectivity index (χ0n) is 11.4. The number of esters is 1. The van der Waals surface area contributed by atoms with Crippen molar-refractivity contribution in [2.45, 2.75) is 19.1 Å². The molecule has 0 spiro atoms. The van der Waals surface area contributed by atoms with Gasteiger partial charge in [0, 0.05) is 6.92 Å². The smallest absolute Gasteiger partial charge is 0.419 e. The zero-order valence-corrected chi connectivity index (χ0v) is 11.4. The Morgan fingerprint density at radius 1 is 1.29 bits per heavy atom. The summed E-state index contributed by atoms with van der Waals surface area (Å²) >= 11 is 0. The summed E-state index contributed by atoms with van der Waals surface area (Å²) in [5, 5.41) is 2.24. The van der Waals surface area contributed by atoms with Gasteiger partial charge in [-0.3, -0.25) is 4.79 Å². The van der Waals surface area contributed by atoms with Crippen molar-refractivity contribution < 1.29 is 32.2 Å². The first-order valence-corrected chi connectivity index (χ1v) is 5.89. The number of rotatable bonds is 5. The lowest BCUT2D eigenvalue weighted by molar-refractivity contribution is -0.146. The molecule has 0 bridgehead atoms. The number of halogens is 3. The largest absolute Gasteiger partial charge is 0.490 e. The molecule has 5 nitrogen and oxygen atoms in total. The van der Waals surface area contributed by atoms with Crippen LogP contribution < -0.4 is 10.1 Å². The van der Waals surface area contributed by atoms with Crippen molar-refractivity contribution in [3.8, 4) is 5.75 Å². The Morgan fingerprint density at radius 3 is 2.43 bits per heavy atom. The Hall–Kier alpha value is -2.25. The van der Waals surface area contributed by atoms with E-state index in [0.29, 0.717) is 0 Å². The van der Waals surface area contributed by atoms with E-state index in [2.05, 4.69) is 10.1 Å². The van der Waals surface area contributed by atoms with Crippen molar-refractivity contribution in [1.82, 2.24) is 5.32 Å². The maximum absolute atomic E-state index is 12.8. The summed E-state index contributed by atoms with van der Waals surface area (Å²) in [5.74, 6) is -1.77. The highest BCUT2D eigenvalue weighted by Gasteiger charge is 2.34. The topological polar surface area (TPSA) is 64.6 Å². The van der Waals surface area contributed by atoms with Gasteiger partial charge in [-0.2, -0.15) is 13.2 Å². The SMILES string of the molecule is COC(=O)C(COc1ccccc1C(F)(F)F)NC(C)=O. The number of alkyl halides is 3. The minimum absolute atomic E-state index is 0.427. The fraction of sp³-hybridized carbons (Fsp3) is 0.385. The molecule has 1 aromatic carbocycles. The molecule has 0 aromatic heterocycles. The highest BCUT2D eigenvalue weighted by Crippen LogP contribution is 2.35. The van der Waals surface area contributed by atoms with Crippen molar-refractivity contribution in [2.75, 3.05) is 13.7 Å². The second kappa shape index (κ2) is 6.96. The van der Waals surface area contributed by atoms with Crippen molar-refractivity contribution >= 4 is 11.9 Å². The first kappa shape index (κ1) is 16.8. The second-order valence-corrected chi connectivity index (χ2v) is 4.08. The van der Waals surface area contributed by atoms with Gasteiger partial charge < -0.3 is 14.8 Å². The van der Waals surface area contributed by atoms with Crippen LogP contribution in [-0.2, 0) is 20.5 Å². The molecule has 1 rings (SSSR count). The number of methoxy groups -OCH3 is 1. The fourth-order valence-corrected chi connectivity index (χ4v) is 1.56. The quantitative estimate of drug-likeness (QED) is 0.842. The van der Waals surface area contributed by atoms with E-state index in [1.807, 2.05) is 0 Å². The van der Waals surface area contributed by atoms with E-state index in [1.54, 1.807) is 0 Å². The van der Waals surface area contributed by atoms with Gasteiger partial charge >= 0.3 is 12.1 Å². The number of hydrogen-bond acceptors (Lipinski definition) is 4. The van der Waals surface area contributed by atoms with Gasteiger partial charge in [-0.1, -0.05) is 12.1 Å². The molecule has 116 valence electrons. The van der Waals surface area contributed by atoms with Crippen LogP contribution in [0.1, 0.15) is 12.5 Å². The van der Waals surface area contributed by atoms with Gasteiger partial charge in [0.25, 0.3) is 0 Å². The van der Waals surface area contributed by atoms with Crippen LogP contribution in [0.15, 0.2) is 24.3 Å². The van der Waals surface area contributed by atoms with Crippen molar-refractivity contribution in [3.63, 3.8) is 0 Å². The van der Waals surface area contributed by atoms with Crippen LogP contribution in [0.3, 0.4) is 0 Å². The summed E-state index contributed by atoms with van der Waals surface area (Å²) in [6.07, 6.45) is -4.58. The molecule has 1 N–H and O–H groups in total. The Labute approximate surface area is 119 Å². The lowest BCUT2D eigenvalue weighted by Crippen LogP contribution is -2.44. The van der Waals surface area contributed by atoms with Crippen LogP contribution in [0.5, 0.6) is 5.75 Å². The zero-order chi connectivity index (χ0) is 16.0. The van der Waals surface area contributed by atoms with Crippen molar-refractivity contribution in [2.24, 2.45) is 0 Å². The van der Waals surface area contributed by atoms with Crippen LogP contribution >= 0.6 is 0 Å². The maximum Gasteiger partial charge on any atom is 0.419 e. The third-order valence-corrected chi connectivity index (χ3v) is 2.46. The molecule has 8 heteroatoms. The Bertz CT molecular complexity index is 516. The van der Waals surface area contributed by atoms with Gasteiger partial charge in [0.15, 0.2) is 6.04 Å². The predicted octanol–water partition coefficient (Wildman–Crippen LogP) is 1.76. The van der Waals surface area contributed by atoms with E-state index in [4.69, 9.17) is 4.74 Å². The van der Waals surface area contributed by atoms with Crippen LogP contribution in [0.4, 0.5) is 13.2 Å². The van der Waals surface area contributed by atoms with E-state index in [9.17, 15) is 22.8 Å². The summed E-state index contributed by atoms with van der Waals surface area (Å²) in [4.78, 5) is 22.4. The van der Waals surface area contributed by atoms with Gasteiger partial charge in [0.2, 0.25) is 5.91 Å². The molecule has 1 aromatic rings. The van der Waals surface area contributed by atoms with Crippen LogP contribution in [-0.4, -0.2) is 31.6 Å². The summed E-state index contributed by atoms with van der Waals surface area (Å²) in [6.45, 7) is 0.693. The van der Waals surface area contributed by atoms with E-state index < -0.39 is 42.0 Å². The molecule has 0 aliphatic carbocycles. The number of nitrogens with one attached hydrogen (secondary N) is 1. The van der Waals surface area contributed by atoms with Crippen molar-refractivity contribution in [3.05, 3.63) is 29.8 Å². The average Bonchev–Trinajstić information content (AvgIpc) is 2.41. The molecule has 0 radical (unpaired) electrons. The minimum atomic E-state index is -4.58. The van der Waals surface area contributed by atoms with Gasteiger partial charge in [-0.05, 0) is 12.1 Å². The highest BCUT2D eigenvalue weighted by molar-refractivity contribution is 5.83. The molecule has 1 atom stereocenters. The summed E-state index contributed by atoms with van der Waals surface area (Å²) in [5.41, 5.74) is -0.962. The van der Waals surface area contributed by atoms with Gasteiger partial charge in [0.05, 0.1) is 12.7 Å². The molecular formula is C13H14F3NO4. The van der Waals surface area contributed by atoms with Crippen LogP contribution in [0, 0.1) is 0 Å². The Balaban J connectivity index is 2.85. The molecule has 0 saturated heterocycles. The number of benzene rings is 1. The lowest BCUT2D eigenvalue weighted by Gasteiger charge is -2.18. The summed E-state index contributed by atoms with van der Waals surface area (Å²) < 4.78 is 47.8. The summed E-state index contributed by atoms with van der Waals surface area (Å²) in [6, 6.07) is 3.40. The minimum Gasteiger partial charge on any atom is -0.490 e. The van der Waals surface area contributed by atoms with Crippen LogP contribution in [0.2, 0.25) is 0 Å². The number of para-hydroxylation sites is 1.